The number of hydrogen-bond acceptors (Lipinski definition) is 2. The van der Waals surface area contributed by atoms with Gasteiger partial charge in [0.05, 0.1) is 27.2 Å². The van der Waals surface area contributed by atoms with Crippen molar-refractivity contribution in [3.63, 3.8) is 0 Å². The van der Waals surface area contributed by atoms with Gasteiger partial charge in [-0.05, 0) is 42.0 Å². The number of benzene rings is 3. The van der Waals surface area contributed by atoms with E-state index in [0.29, 0.717) is 15.7 Å². The largest absolute Gasteiger partial charge is 0.264 e. The molecule has 0 radical (unpaired) electrons. The molecule has 0 saturated carbocycles. The minimum atomic E-state index is -3.72. The van der Waals surface area contributed by atoms with Crippen LogP contribution in [-0.2, 0) is 16.6 Å². The van der Waals surface area contributed by atoms with Crippen LogP contribution in [0.25, 0.3) is 0 Å². The molecule has 3 aromatic carbocycles. The van der Waals surface area contributed by atoms with E-state index in [1.807, 2.05) is 6.07 Å². The van der Waals surface area contributed by atoms with E-state index in [4.69, 9.17) is 23.2 Å². The second kappa shape index (κ2) is 7.48. The van der Waals surface area contributed by atoms with Crippen LogP contribution in [0.5, 0.6) is 0 Å². The molecule has 128 valence electrons. The lowest BCUT2D eigenvalue weighted by Crippen LogP contribution is -2.30. The van der Waals surface area contributed by atoms with E-state index in [2.05, 4.69) is 0 Å². The Morgan fingerprint density at radius 2 is 1.36 bits per heavy atom. The van der Waals surface area contributed by atoms with E-state index in [0.717, 1.165) is 5.56 Å². The minimum absolute atomic E-state index is 0.151. The summed E-state index contributed by atoms with van der Waals surface area (Å²) >= 11 is 12.0. The Bertz CT molecular complexity index is 961. The normalized spacial score (nSPS) is 11.3. The van der Waals surface area contributed by atoms with Crippen molar-refractivity contribution in [1.82, 2.24) is 0 Å². The average molecular weight is 392 g/mol. The van der Waals surface area contributed by atoms with Gasteiger partial charge in [0, 0.05) is 0 Å². The summed E-state index contributed by atoms with van der Waals surface area (Å²) in [5.74, 6) is 0. The number of rotatable bonds is 5. The Hall–Kier alpha value is -2.01. The second-order valence-corrected chi connectivity index (χ2v) is 8.09. The minimum Gasteiger partial charge on any atom is -0.262 e. The molecule has 0 aliphatic rings. The Morgan fingerprint density at radius 1 is 0.760 bits per heavy atom. The highest BCUT2D eigenvalue weighted by molar-refractivity contribution is 7.92. The topological polar surface area (TPSA) is 37.4 Å². The lowest BCUT2D eigenvalue weighted by Gasteiger charge is -2.25. The zero-order valence-electron chi connectivity index (χ0n) is 13.1. The highest BCUT2D eigenvalue weighted by atomic mass is 35.5. The lowest BCUT2D eigenvalue weighted by atomic mass is 10.2. The monoisotopic (exact) mass is 391 g/mol. The predicted molar refractivity (Wildman–Crippen MR) is 103 cm³/mol. The molecule has 0 aliphatic heterocycles. The first kappa shape index (κ1) is 17.8. The van der Waals surface area contributed by atoms with Crippen molar-refractivity contribution in [2.24, 2.45) is 0 Å². The van der Waals surface area contributed by atoms with Crippen LogP contribution in [0.3, 0.4) is 0 Å². The molecule has 0 aromatic heterocycles. The molecule has 6 heteroatoms. The first-order valence-electron chi connectivity index (χ1n) is 7.55. The number of hydrogen-bond donors (Lipinski definition) is 0. The highest BCUT2D eigenvalue weighted by Gasteiger charge is 2.25. The van der Waals surface area contributed by atoms with E-state index >= 15 is 0 Å². The van der Waals surface area contributed by atoms with Crippen LogP contribution < -0.4 is 4.31 Å². The van der Waals surface area contributed by atoms with Crippen LogP contribution in [0.2, 0.25) is 10.0 Å². The van der Waals surface area contributed by atoms with Gasteiger partial charge < -0.3 is 0 Å². The third-order valence-electron chi connectivity index (χ3n) is 3.69. The van der Waals surface area contributed by atoms with Crippen molar-refractivity contribution in [3.8, 4) is 0 Å². The van der Waals surface area contributed by atoms with Crippen LogP contribution in [-0.4, -0.2) is 8.42 Å². The van der Waals surface area contributed by atoms with Gasteiger partial charge in [0.1, 0.15) is 0 Å². The second-order valence-electron chi connectivity index (χ2n) is 5.41. The van der Waals surface area contributed by atoms with Crippen LogP contribution >= 0.6 is 23.2 Å². The molecule has 3 aromatic rings. The molecule has 0 amide bonds. The van der Waals surface area contributed by atoms with Gasteiger partial charge in [-0.15, -0.1) is 0 Å². The van der Waals surface area contributed by atoms with Gasteiger partial charge in [-0.2, -0.15) is 0 Å². The van der Waals surface area contributed by atoms with Crippen molar-refractivity contribution < 1.29 is 8.42 Å². The summed E-state index contributed by atoms with van der Waals surface area (Å²) in [6.45, 7) is 0.151. The fourth-order valence-electron chi connectivity index (χ4n) is 2.43. The van der Waals surface area contributed by atoms with Crippen LogP contribution in [0.4, 0.5) is 5.69 Å². The fraction of sp³-hybridized carbons (Fsp3) is 0.0526. The predicted octanol–water partition coefficient (Wildman–Crippen LogP) is 5.39. The Balaban J connectivity index is 2.06. The number of para-hydroxylation sites is 1. The van der Waals surface area contributed by atoms with Gasteiger partial charge >= 0.3 is 0 Å². The van der Waals surface area contributed by atoms with E-state index in [9.17, 15) is 8.42 Å². The molecule has 0 heterocycles. The van der Waals surface area contributed by atoms with Gasteiger partial charge in [-0.25, -0.2) is 8.42 Å². The standard InChI is InChI=1S/C19H15Cl2NO2S/c20-18-12-11-15(13-19(18)21)14-22(16-7-3-1-4-8-16)25(23,24)17-9-5-2-6-10-17/h1-13H,14H2. The Morgan fingerprint density at radius 3 is 1.96 bits per heavy atom. The van der Waals surface area contributed by atoms with Crippen molar-refractivity contribution in [2.45, 2.75) is 11.4 Å². The summed E-state index contributed by atoms with van der Waals surface area (Å²) in [7, 11) is -3.72. The Labute approximate surface area is 157 Å². The van der Waals surface area contributed by atoms with Gasteiger partial charge in [0.2, 0.25) is 0 Å². The summed E-state index contributed by atoms with van der Waals surface area (Å²) < 4.78 is 27.7. The number of halogens is 2. The summed E-state index contributed by atoms with van der Waals surface area (Å²) in [5, 5.41) is 0.826. The fourth-order valence-corrected chi connectivity index (χ4v) is 4.23. The van der Waals surface area contributed by atoms with Crippen LogP contribution in [0, 0.1) is 0 Å². The first-order chi connectivity index (χ1) is 12.0. The maximum Gasteiger partial charge on any atom is 0.264 e. The number of anilines is 1. The van der Waals surface area contributed by atoms with Crippen LogP contribution in [0.15, 0.2) is 83.8 Å². The molecule has 3 nitrogen and oxygen atoms in total. The molecule has 0 aliphatic carbocycles. The lowest BCUT2D eigenvalue weighted by molar-refractivity contribution is 0.590. The molecule has 0 atom stereocenters. The molecule has 3 rings (SSSR count). The quantitative estimate of drug-likeness (QED) is 0.584. The molecule has 0 saturated heterocycles. The van der Waals surface area contributed by atoms with Gasteiger partial charge in [0.15, 0.2) is 0 Å². The molecule has 25 heavy (non-hydrogen) atoms. The van der Waals surface area contributed by atoms with E-state index in [-0.39, 0.29) is 11.4 Å². The third kappa shape index (κ3) is 3.98. The van der Waals surface area contributed by atoms with Gasteiger partial charge in [-0.3, -0.25) is 4.31 Å². The summed E-state index contributed by atoms with van der Waals surface area (Å²) in [6.07, 6.45) is 0. The van der Waals surface area contributed by atoms with E-state index in [1.54, 1.807) is 72.8 Å². The number of nitrogens with zero attached hydrogens (tertiary/aromatic N) is 1. The van der Waals surface area contributed by atoms with E-state index < -0.39 is 10.0 Å². The summed E-state index contributed by atoms with van der Waals surface area (Å²) in [4.78, 5) is 0.235. The summed E-state index contributed by atoms with van der Waals surface area (Å²) in [6, 6.07) is 22.4. The molecule has 0 fully saturated rings. The zero-order chi connectivity index (χ0) is 17.9. The zero-order valence-corrected chi connectivity index (χ0v) is 15.5. The van der Waals surface area contributed by atoms with Gasteiger partial charge in [0.25, 0.3) is 10.0 Å². The maximum atomic E-state index is 13.2. The van der Waals surface area contributed by atoms with Crippen LogP contribution in [0.1, 0.15) is 5.56 Å². The van der Waals surface area contributed by atoms with Gasteiger partial charge in [-0.1, -0.05) is 65.7 Å². The van der Waals surface area contributed by atoms with Crippen molar-refractivity contribution in [2.75, 3.05) is 4.31 Å². The smallest absolute Gasteiger partial charge is 0.262 e. The molecule has 0 N–H and O–H groups in total. The van der Waals surface area contributed by atoms with Crippen molar-refractivity contribution >= 4 is 38.9 Å². The van der Waals surface area contributed by atoms with Crippen molar-refractivity contribution in [1.29, 1.82) is 0 Å². The maximum absolute atomic E-state index is 13.2. The Kier molecular flexibility index (Phi) is 5.33. The SMILES string of the molecule is O=S(=O)(c1ccccc1)N(Cc1ccc(Cl)c(Cl)c1)c1ccccc1. The average Bonchev–Trinajstić information content (AvgIpc) is 2.64. The molecule has 0 bridgehead atoms. The van der Waals surface area contributed by atoms with Crippen molar-refractivity contribution in [3.05, 3.63) is 94.5 Å². The molecular formula is C19H15Cl2NO2S. The number of sulfonamides is 1. The molecule has 0 unspecified atom stereocenters. The molecule has 0 spiro atoms. The highest BCUT2D eigenvalue weighted by Crippen LogP contribution is 2.28. The molecular weight excluding hydrogens is 377 g/mol. The first-order valence-corrected chi connectivity index (χ1v) is 9.75. The summed E-state index contributed by atoms with van der Waals surface area (Å²) in [5.41, 5.74) is 1.33. The third-order valence-corrected chi connectivity index (χ3v) is 6.21. The van der Waals surface area contributed by atoms with E-state index in [1.165, 1.54) is 4.31 Å².